The molecule has 2 heterocycles. The van der Waals surface area contributed by atoms with Crippen LogP contribution in [0.4, 0.5) is 0 Å². The third-order valence-electron chi connectivity index (χ3n) is 2.01. The zero-order valence-corrected chi connectivity index (χ0v) is 19.4. The molecule has 182 valence electrons. The van der Waals surface area contributed by atoms with Crippen molar-refractivity contribution in [2.24, 2.45) is 0 Å². The standard InChI is InChI=1S/2C6H8N2O.2NO3.2H3N.2H2O.Pt/c2*1-4-3-5(2)8-6(9)7-4;2*2-1(3)4;;;;;/h2*3H,1-2H3,(H,7,8,9);;;2*1H3;2*1H2;/q;;2*-1;;;;;+4/p+2. The molecule has 0 atom stereocenters. The summed E-state index contributed by atoms with van der Waals surface area (Å²) < 4.78 is 0. The summed E-state index contributed by atoms with van der Waals surface area (Å²) in [5, 5.41) is 29.5. The Morgan fingerprint density at radius 2 is 0.903 bits per heavy atom. The molecule has 0 saturated carbocycles. The first-order chi connectivity index (χ1) is 11.8. The van der Waals surface area contributed by atoms with E-state index in [0.29, 0.717) is 0 Å². The number of hydrogen-bond donors (Lipinski definition) is 4. The van der Waals surface area contributed by atoms with Gasteiger partial charge in [0.15, 0.2) is 0 Å². The molecule has 0 saturated heterocycles. The molecule has 0 fully saturated rings. The van der Waals surface area contributed by atoms with Gasteiger partial charge in [0.1, 0.15) is 0 Å². The Morgan fingerprint density at radius 3 is 1.03 bits per heavy atom. The summed E-state index contributed by atoms with van der Waals surface area (Å²) in [5.74, 6) is 0. The van der Waals surface area contributed by atoms with Crippen molar-refractivity contribution in [2.45, 2.75) is 27.7 Å². The zero-order chi connectivity index (χ0) is 20.9. The van der Waals surface area contributed by atoms with Crippen molar-refractivity contribution in [2.75, 3.05) is 0 Å². The number of hydrogen-bond acceptors (Lipinski definition) is 12. The van der Waals surface area contributed by atoms with E-state index in [1.807, 2.05) is 26.0 Å². The second-order valence-electron chi connectivity index (χ2n) is 4.47. The van der Waals surface area contributed by atoms with Crippen LogP contribution in [0, 0.1) is 58.3 Å². The van der Waals surface area contributed by atoms with Gasteiger partial charge in [-0.25, -0.2) is 9.59 Å². The number of aromatic amines is 2. The fraction of sp³-hybridized carbons (Fsp3) is 0.333. The molecule has 0 bridgehead atoms. The maximum absolute atomic E-state index is 10.5. The van der Waals surface area contributed by atoms with Crippen LogP contribution in [0.3, 0.4) is 0 Å². The van der Waals surface area contributed by atoms with Gasteiger partial charge in [0.25, 0.3) is 0 Å². The summed E-state index contributed by atoms with van der Waals surface area (Å²) in [5.41, 5.74) is 2.69. The summed E-state index contributed by atoms with van der Waals surface area (Å²) in [4.78, 5) is 49.9. The van der Waals surface area contributed by atoms with Gasteiger partial charge in [0.2, 0.25) is 0 Å². The van der Waals surface area contributed by atoms with Crippen LogP contribution in [0.5, 0.6) is 0 Å². The van der Waals surface area contributed by atoms with Crippen molar-refractivity contribution >= 4 is 0 Å². The molecule has 0 unspecified atom stereocenters. The molecular weight excluding hydrogens is 611 g/mol. The molecule has 2 rings (SSSR count). The molecule has 0 spiro atoms. The predicted octanol–water partition coefficient (Wildman–Crippen LogP) is -1.23. The van der Waals surface area contributed by atoms with Crippen LogP contribution in [0.25, 0.3) is 0 Å². The van der Waals surface area contributed by atoms with Gasteiger partial charge in [-0.2, -0.15) is 9.97 Å². The minimum atomic E-state index is -1.75. The molecular formula is C12H28N8O10Pt+4. The summed E-state index contributed by atoms with van der Waals surface area (Å²) >= 11 is 0. The molecule has 2 aromatic heterocycles. The molecule has 0 aliphatic heterocycles. The minimum Gasteiger partial charge on any atom is -0.457 e. The first kappa shape index (κ1) is 46.1. The third kappa shape index (κ3) is 38.0. The fourth-order valence-corrected chi connectivity index (χ4v) is 1.48. The molecule has 19 heteroatoms. The summed E-state index contributed by atoms with van der Waals surface area (Å²) in [6.45, 7) is 7.25. The van der Waals surface area contributed by atoms with Crippen LogP contribution in [0.2, 0.25) is 0 Å². The van der Waals surface area contributed by atoms with Crippen LogP contribution in [0.15, 0.2) is 21.7 Å². The maximum Gasteiger partial charge on any atom is 4.00 e. The van der Waals surface area contributed by atoms with E-state index in [1.54, 1.807) is 13.8 Å². The largest absolute Gasteiger partial charge is 4.00 e. The van der Waals surface area contributed by atoms with E-state index in [0.717, 1.165) is 22.8 Å². The number of nitrogens with zero attached hydrogens (tertiary/aromatic N) is 4. The average Bonchev–Trinajstić information content (AvgIpc) is 2.33. The Kier molecular flexibility index (Phi) is 36.8. The Hall–Kier alpha value is -3.31. The van der Waals surface area contributed by atoms with Crippen LogP contribution in [-0.4, -0.2) is 30.1 Å². The smallest absolute Gasteiger partial charge is 0.457 e. The van der Waals surface area contributed by atoms with Gasteiger partial charge >= 0.3 is 32.4 Å². The van der Waals surface area contributed by atoms with E-state index in [-0.39, 0.29) is 55.7 Å². The molecule has 0 radical (unpaired) electrons. The van der Waals surface area contributed by atoms with Crippen molar-refractivity contribution in [1.29, 1.82) is 0 Å². The van der Waals surface area contributed by atoms with E-state index in [1.165, 1.54) is 0 Å². The van der Waals surface area contributed by atoms with Gasteiger partial charge in [0, 0.05) is 22.8 Å². The average molecular weight is 639 g/mol. The number of nitrogens with one attached hydrogen (secondary N) is 2. The number of H-pyrrole nitrogens is 2. The molecule has 0 aliphatic rings. The van der Waals surface area contributed by atoms with Gasteiger partial charge in [-0.3, -0.25) is 0 Å². The Balaban J connectivity index is -0.0000000499. The summed E-state index contributed by atoms with van der Waals surface area (Å²) in [6, 6.07) is 3.64. The SMILES string of the molecule is Cc1cc(C)[nH]c(=O)n1.Cc1cc(C)[nH]c(=O)n1.N.N.O=[N+]([O-])[O-].O=[N+]([O-])[O-].[OH3+].[OH3+].[Pt+4]. The fourth-order valence-electron chi connectivity index (χ4n) is 1.48. The van der Waals surface area contributed by atoms with Crippen LogP contribution in [0.1, 0.15) is 22.8 Å². The maximum atomic E-state index is 10.5. The van der Waals surface area contributed by atoms with E-state index in [2.05, 4.69) is 19.9 Å². The van der Waals surface area contributed by atoms with E-state index < -0.39 is 10.2 Å². The van der Waals surface area contributed by atoms with Crippen LogP contribution < -0.4 is 23.7 Å². The second kappa shape index (κ2) is 24.7. The van der Waals surface area contributed by atoms with Crippen LogP contribution in [-0.2, 0) is 32.0 Å². The monoisotopic (exact) mass is 639 g/mol. The van der Waals surface area contributed by atoms with Gasteiger partial charge in [-0.1, -0.05) is 0 Å². The number of rotatable bonds is 0. The van der Waals surface area contributed by atoms with Crippen molar-refractivity contribution in [3.8, 4) is 0 Å². The van der Waals surface area contributed by atoms with Crippen molar-refractivity contribution in [1.82, 2.24) is 32.2 Å². The first-order valence-electron chi connectivity index (χ1n) is 6.55. The van der Waals surface area contributed by atoms with E-state index >= 15 is 0 Å². The van der Waals surface area contributed by atoms with Gasteiger partial charge in [-0.05, 0) is 39.8 Å². The molecule has 14 N–H and O–H groups in total. The van der Waals surface area contributed by atoms with Crippen molar-refractivity contribution < 1.29 is 42.2 Å². The minimum absolute atomic E-state index is 0. The van der Waals surface area contributed by atoms with Gasteiger partial charge in [0.05, 0.1) is 10.2 Å². The van der Waals surface area contributed by atoms with Crippen molar-refractivity contribution in [3.05, 3.63) is 86.5 Å². The van der Waals surface area contributed by atoms with Crippen LogP contribution >= 0.6 is 0 Å². The molecule has 2 aromatic rings. The van der Waals surface area contributed by atoms with Gasteiger partial charge in [-0.15, -0.1) is 0 Å². The zero-order valence-electron chi connectivity index (χ0n) is 17.1. The number of aromatic nitrogens is 4. The Labute approximate surface area is 189 Å². The third-order valence-corrected chi connectivity index (χ3v) is 2.01. The molecule has 0 aromatic carbocycles. The second-order valence-corrected chi connectivity index (χ2v) is 4.47. The predicted molar refractivity (Wildman–Crippen MR) is 109 cm³/mol. The first-order valence-corrected chi connectivity index (χ1v) is 6.55. The van der Waals surface area contributed by atoms with Crippen molar-refractivity contribution in [3.63, 3.8) is 0 Å². The van der Waals surface area contributed by atoms with E-state index in [9.17, 15) is 9.59 Å². The molecule has 18 nitrogen and oxygen atoms in total. The topological polar surface area (TPSA) is 360 Å². The van der Waals surface area contributed by atoms with E-state index in [4.69, 9.17) is 30.6 Å². The molecule has 0 aliphatic carbocycles. The Morgan fingerprint density at radius 1 is 0.710 bits per heavy atom. The number of aryl methyl sites for hydroxylation is 4. The molecule has 31 heavy (non-hydrogen) atoms. The normalized spacial score (nSPS) is 7.10. The summed E-state index contributed by atoms with van der Waals surface area (Å²) in [6.07, 6.45) is 0. The quantitative estimate of drug-likeness (QED) is 0.150. The Bertz CT molecular complexity index is 721. The van der Waals surface area contributed by atoms with Gasteiger partial charge < -0.3 is 63.9 Å². The summed E-state index contributed by atoms with van der Waals surface area (Å²) in [7, 11) is 0. The molecule has 0 amide bonds.